The van der Waals surface area contributed by atoms with Crippen LogP contribution in [0.2, 0.25) is 0 Å². The zero-order valence-electron chi connectivity index (χ0n) is 15.3. The number of ether oxygens (including phenoxy) is 1. The Kier molecular flexibility index (Phi) is 8.39. The van der Waals surface area contributed by atoms with Crippen molar-refractivity contribution in [3.8, 4) is 0 Å². The summed E-state index contributed by atoms with van der Waals surface area (Å²) < 4.78 is 4.83. The van der Waals surface area contributed by atoms with Gasteiger partial charge in [0.15, 0.2) is 0 Å². The van der Waals surface area contributed by atoms with Gasteiger partial charge in [-0.25, -0.2) is 9.69 Å². The van der Waals surface area contributed by atoms with Gasteiger partial charge in [-0.1, -0.05) is 31.9 Å². The summed E-state index contributed by atoms with van der Waals surface area (Å²) in [6, 6.07) is 6.54. The van der Waals surface area contributed by atoms with Crippen molar-refractivity contribution in [3.05, 3.63) is 35.9 Å². The first kappa shape index (κ1) is 20.4. The smallest absolute Gasteiger partial charge is 0.411 e. The van der Waals surface area contributed by atoms with E-state index in [1.807, 2.05) is 6.08 Å². The number of hydrogen-bond acceptors (Lipinski definition) is 4. The summed E-state index contributed by atoms with van der Waals surface area (Å²) in [5, 5.41) is 2.56. The van der Waals surface area contributed by atoms with Gasteiger partial charge in [-0.05, 0) is 38.5 Å². The summed E-state index contributed by atoms with van der Waals surface area (Å²) in [6.45, 7) is 7.08. The van der Waals surface area contributed by atoms with Crippen LogP contribution in [-0.2, 0) is 14.3 Å². The Balaban J connectivity index is 3.03. The number of anilines is 2. The van der Waals surface area contributed by atoms with E-state index >= 15 is 0 Å². The molecule has 0 fully saturated rings. The van der Waals surface area contributed by atoms with Crippen LogP contribution in [0, 0.1) is 0 Å². The molecule has 136 valence electrons. The summed E-state index contributed by atoms with van der Waals surface area (Å²) in [4.78, 5) is 37.3. The van der Waals surface area contributed by atoms with Crippen molar-refractivity contribution in [3.63, 3.8) is 0 Å². The van der Waals surface area contributed by atoms with Crippen LogP contribution >= 0.6 is 0 Å². The molecule has 0 heterocycles. The molecule has 0 aliphatic rings. The molecule has 0 unspecified atom stereocenters. The highest BCUT2D eigenvalue weighted by Crippen LogP contribution is 2.22. The number of imide groups is 1. The third kappa shape index (κ3) is 6.41. The number of hydrogen-bond donors (Lipinski definition) is 1. The lowest BCUT2D eigenvalue weighted by Crippen LogP contribution is -2.35. The summed E-state index contributed by atoms with van der Waals surface area (Å²) in [5.41, 5.74) is 1.37. The third-order valence-electron chi connectivity index (χ3n) is 3.49. The largest absolute Gasteiger partial charge is 0.450 e. The van der Waals surface area contributed by atoms with Gasteiger partial charge in [0.2, 0.25) is 5.91 Å². The summed E-state index contributed by atoms with van der Waals surface area (Å²) in [6.07, 6.45) is 4.09. The van der Waals surface area contributed by atoms with Gasteiger partial charge in [0.1, 0.15) is 0 Å². The van der Waals surface area contributed by atoms with E-state index in [0.29, 0.717) is 16.9 Å². The van der Waals surface area contributed by atoms with Crippen LogP contribution in [-0.4, -0.2) is 24.5 Å². The molecular formula is C19H26N2O4. The first-order valence-electron chi connectivity index (χ1n) is 8.46. The fourth-order valence-corrected chi connectivity index (χ4v) is 2.24. The molecule has 1 rings (SSSR count). The Hall–Kier alpha value is -2.63. The van der Waals surface area contributed by atoms with Gasteiger partial charge in [0.25, 0.3) is 5.91 Å². The molecule has 0 saturated carbocycles. The lowest BCUT2D eigenvalue weighted by Gasteiger charge is -2.20. The number of allylic oxidation sites excluding steroid dienone is 1. The van der Waals surface area contributed by atoms with Crippen molar-refractivity contribution < 1.29 is 19.1 Å². The number of unbranched alkanes of at least 4 members (excludes halogenated alkanes) is 2. The molecule has 1 N–H and O–H groups in total. The van der Waals surface area contributed by atoms with Crippen molar-refractivity contribution in [1.29, 1.82) is 0 Å². The van der Waals surface area contributed by atoms with Crippen molar-refractivity contribution in [1.82, 2.24) is 0 Å². The molecule has 6 nitrogen and oxygen atoms in total. The number of amides is 3. The number of carbonyl (C=O) groups excluding carboxylic acids is 3. The van der Waals surface area contributed by atoms with E-state index in [0.717, 1.165) is 24.2 Å². The van der Waals surface area contributed by atoms with Crippen LogP contribution in [0.1, 0.15) is 47.0 Å². The maximum absolute atomic E-state index is 12.6. The van der Waals surface area contributed by atoms with Gasteiger partial charge in [0.05, 0.1) is 12.3 Å². The molecule has 0 radical (unpaired) electrons. The molecule has 0 bridgehead atoms. The fraction of sp³-hybridized carbons (Fsp3) is 0.421. The predicted molar refractivity (Wildman–Crippen MR) is 98.5 cm³/mol. The molecule has 0 spiro atoms. The standard InChI is InChI=1S/C19H26N2O4/c1-5-7-8-10-14(3)18(23)21(15(4)22)17-12-9-11-16(13-17)20-19(24)25-6-2/h9-13H,5-8H2,1-4H3,(H,20,24). The van der Waals surface area contributed by atoms with Gasteiger partial charge in [-0.15, -0.1) is 0 Å². The second kappa shape index (κ2) is 10.3. The molecule has 25 heavy (non-hydrogen) atoms. The lowest BCUT2D eigenvalue weighted by atomic mass is 10.1. The van der Waals surface area contributed by atoms with Crippen molar-refractivity contribution in [2.24, 2.45) is 0 Å². The Labute approximate surface area is 148 Å². The SMILES string of the molecule is CCCCC=C(C)C(=O)N(C(C)=O)c1cccc(NC(=O)OCC)c1. The van der Waals surface area contributed by atoms with E-state index in [1.165, 1.54) is 6.92 Å². The second-order valence-electron chi connectivity index (χ2n) is 5.58. The molecule has 0 saturated heterocycles. The molecule has 0 aliphatic heterocycles. The Morgan fingerprint density at radius 1 is 1.20 bits per heavy atom. The van der Waals surface area contributed by atoms with E-state index in [4.69, 9.17) is 4.74 Å². The zero-order valence-corrected chi connectivity index (χ0v) is 15.3. The molecule has 1 aromatic carbocycles. The average molecular weight is 346 g/mol. The molecule has 0 aromatic heterocycles. The first-order valence-corrected chi connectivity index (χ1v) is 8.46. The quantitative estimate of drug-likeness (QED) is 0.591. The van der Waals surface area contributed by atoms with Crippen LogP contribution in [0.25, 0.3) is 0 Å². The number of benzene rings is 1. The van der Waals surface area contributed by atoms with E-state index in [2.05, 4.69) is 12.2 Å². The van der Waals surface area contributed by atoms with E-state index < -0.39 is 6.09 Å². The predicted octanol–water partition coefficient (Wildman–Crippen LogP) is 4.27. The normalized spacial score (nSPS) is 11.0. The van der Waals surface area contributed by atoms with Gasteiger partial charge in [-0.3, -0.25) is 14.9 Å². The minimum absolute atomic E-state index is 0.255. The minimum atomic E-state index is -0.587. The van der Waals surface area contributed by atoms with Crippen LogP contribution in [0.15, 0.2) is 35.9 Å². The first-order chi connectivity index (χ1) is 11.9. The maximum atomic E-state index is 12.6. The molecular weight excluding hydrogens is 320 g/mol. The van der Waals surface area contributed by atoms with Crippen molar-refractivity contribution in [2.75, 3.05) is 16.8 Å². The van der Waals surface area contributed by atoms with E-state index in [1.54, 1.807) is 38.1 Å². The average Bonchev–Trinajstić information content (AvgIpc) is 2.55. The topological polar surface area (TPSA) is 75.7 Å². The summed E-state index contributed by atoms with van der Waals surface area (Å²) >= 11 is 0. The van der Waals surface area contributed by atoms with E-state index in [9.17, 15) is 14.4 Å². The van der Waals surface area contributed by atoms with Crippen molar-refractivity contribution in [2.45, 2.75) is 47.0 Å². The van der Waals surface area contributed by atoms with Crippen molar-refractivity contribution >= 4 is 29.3 Å². The molecule has 1 aromatic rings. The Morgan fingerprint density at radius 2 is 1.92 bits per heavy atom. The third-order valence-corrected chi connectivity index (χ3v) is 3.49. The molecule has 0 atom stereocenters. The molecule has 3 amide bonds. The fourth-order valence-electron chi connectivity index (χ4n) is 2.24. The van der Waals surface area contributed by atoms with Crippen LogP contribution in [0.3, 0.4) is 0 Å². The number of nitrogens with one attached hydrogen (secondary N) is 1. The summed E-state index contributed by atoms with van der Waals surface area (Å²) in [7, 11) is 0. The number of nitrogens with zero attached hydrogens (tertiary/aromatic N) is 1. The molecule has 6 heteroatoms. The van der Waals surface area contributed by atoms with Gasteiger partial charge < -0.3 is 4.74 Å². The van der Waals surface area contributed by atoms with Gasteiger partial charge in [-0.2, -0.15) is 0 Å². The minimum Gasteiger partial charge on any atom is -0.450 e. The molecule has 0 aliphatic carbocycles. The Morgan fingerprint density at radius 3 is 2.52 bits per heavy atom. The second-order valence-corrected chi connectivity index (χ2v) is 5.58. The van der Waals surface area contributed by atoms with Crippen LogP contribution < -0.4 is 10.2 Å². The highest BCUT2D eigenvalue weighted by molar-refractivity contribution is 6.20. The van der Waals surface area contributed by atoms with Gasteiger partial charge in [0, 0.05) is 18.2 Å². The maximum Gasteiger partial charge on any atom is 0.411 e. The van der Waals surface area contributed by atoms with E-state index in [-0.39, 0.29) is 18.4 Å². The zero-order chi connectivity index (χ0) is 18.8. The number of carbonyl (C=O) groups is 3. The highest BCUT2D eigenvalue weighted by Gasteiger charge is 2.21. The van der Waals surface area contributed by atoms with Gasteiger partial charge >= 0.3 is 6.09 Å². The Bertz CT molecular complexity index is 653. The van der Waals surface area contributed by atoms with Crippen LogP contribution in [0.4, 0.5) is 16.2 Å². The number of rotatable bonds is 7. The van der Waals surface area contributed by atoms with Crippen LogP contribution in [0.5, 0.6) is 0 Å². The lowest BCUT2D eigenvalue weighted by molar-refractivity contribution is -0.123. The highest BCUT2D eigenvalue weighted by atomic mass is 16.5. The summed E-state index contributed by atoms with van der Waals surface area (Å²) in [5.74, 6) is -0.751. The monoisotopic (exact) mass is 346 g/mol.